The Kier molecular flexibility index (Phi) is 5.59. The number of hydrogen-bond acceptors (Lipinski definition) is 3. The number of carbonyl (C=O) groups excluding carboxylic acids is 1. The van der Waals surface area contributed by atoms with Crippen molar-refractivity contribution in [3.8, 4) is 0 Å². The van der Waals surface area contributed by atoms with Crippen LogP contribution in [-0.4, -0.2) is 12.8 Å². The lowest BCUT2D eigenvalue weighted by molar-refractivity contribution is -0.117. The zero-order chi connectivity index (χ0) is 19.7. The van der Waals surface area contributed by atoms with Gasteiger partial charge < -0.3 is 11.1 Å². The summed E-state index contributed by atoms with van der Waals surface area (Å²) in [5, 5.41) is 3.25. The first kappa shape index (κ1) is 19.5. The average Bonchev–Trinajstić information content (AvgIpc) is 3.02. The fourth-order valence-corrected chi connectivity index (χ4v) is 4.56. The molecule has 0 fully saturated rings. The summed E-state index contributed by atoms with van der Waals surface area (Å²) in [5.74, 6) is 0.864. The fraction of sp³-hybridized carbons (Fsp3) is 0.458. The van der Waals surface area contributed by atoms with E-state index in [1.807, 2.05) is 7.05 Å². The molecule has 144 valence electrons. The molecule has 1 aliphatic carbocycles. The summed E-state index contributed by atoms with van der Waals surface area (Å²) in [5.41, 5.74) is 15.9. The number of ketones is 1. The molecule has 0 bridgehead atoms. The van der Waals surface area contributed by atoms with E-state index in [9.17, 15) is 4.79 Å². The van der Waals surface area contributed by atoms with Crippen LogP contribution in [0.15, 0.2) is 24.3 Å². The lowest BCUT2D eigenvalue weighted by Crippen LogP contribution is -2.12. The predicted molar refractivity (Wildman–Crippen MR) is 115 cm³/mol. The van der Waals surface area contributed by atoms with Crippen LogP contribution in [0.25, 0.3) is 0 Å². The second-order valence-corrected chi connectivity index (χ2v) is 8.00. The molecule has 0 aromatic heterocycles. The third kappa shape index (κ3) is 3.60. The standard InChI is InChI=1S/C24H32N2O/c1-6-17-12-21(16(4)23(25)24(17)26-5)22(11-15(3)27)19-10-9-18-8-7-14(2)20(18)13-19/h9-10,12-14,22,26H,6-8,11,25H2,1-5H3. The number of nitrogens with one attached hydrogen (secondary N) is 1. The van der Waals surface area contributed by atoms with Gasteiger partial charge in [0.05, 0.1) is 11.4 Å². The maximum absolute atomic E-state index is 12.1. The normalized spacial score (nSPS) is 16.9. The SMILES string of the molecule is CCc1cc(C(CC(C)=O)c2ccc3c(c2)C(C)CC3)c(C)c(N)c1NC. The molecule has 1 aliphatic rings. The van der Waals surface area contributed by atoms with Crippen LogP contribution >= 0.6 is 0 Å². The first-order chi connectivity index (χ1) is 12.9. The lowest BCUT2D eigenvalue weighted by Gasteiger charge is -2.24. The Morgan fingerprint density at radius 2 is 2.07 bits per heavy atom. The van der Waals surface area contributed by atoms with Gasteiger partial charge in [-0.25, -0.2) is 0 Å². The van der Waals surface area contributed by atoms with E-state index < -0.39 is 0 Å². The maximum atomic E-state index is 12.1. The minimum Gasteiger partial charge on any atom is -0.397 e. The van der Waals surface area contributed by atoms with E-state index >= 15 is 0 Å². The molecule has 2 unspecified atom stereocenters. The van der Waals surface area contributed by atoms with E-state index in [0.29, 0.717) is 12.3 Å². The van der Waals surface area contributed by atoms with Gasteiger partial charge in [0.2, 0.25) is 0 Å². The Labute approximate surface area is 163 Å². The fourth-order valence-electron chi connectivity index (χ4n) is 4.56. The van der Waals surface area contributed by atoms with E-state index in [1.54, 1.807) is 6.92 Å². The summed E-state index contributed by atoms with van der Waals surface area (Å²) >= 11 is 0. The molecule has 0 saturated heterocycles. The molecule has 2 aromatic rings. The highest BCUT2D eigenvalue weighted by Crippen LogP contribution is 2.40. The average molecular weight is 365 g/mol. The first-order valence-electron chi connectivity index (χ1n) is 10.1. The molecule has 0 saturated carbocycles. The van der Waals surface area contributed by atoms with Gasteiger partial charge in [-0.3, -0.25) is 4.79 Å². The molecule has 2 atom stereocenters. The third-order valence-corrected chi connectivity index (χ3v) is 6.21. The zero-order valence-corrected chi connectivity index (χ0v) is 17.3. The molecule has 3 heteroatoms. The molecule has 0 radical (unpaired) electrons. The van der Waals surface area contributed by atoms with Crippen molar-refractivity contribution in [1.29, 1.82) is 0 Å². The molecule has 3 nitrogen and oxygen atoms in total. The number of hydrogen-bond donors (Lipinski definition) is 2. The Morgan fingerprint density at radius 3 is 2.70 bits per heavy atom. The van der Waals surface area contributed by atoms with Crippen LogP contribution in [0.4, 0.5) is 11.4 Å². The minimum atomic E-state index is 0.0547. The van der Waals surface area contributed by atoms with Gasteiger partial charge in [0.25, 0.3) is 0 Å². The van der Waals surface area contributed by atoms with Gasteiger partial charge in [0.15, 0.2) is 0 Å². The van der Waals surface area contributed by atoms with Crippen LogP contribution in [0.3, 0.4) is 0 Å². The minimum absolute atomic E-state index is 0.0547. The van der Waals surface area contributed by atoms with Gasteiger partial charge in [0, 0.05) is 19.4 Å². The number of nitrogens with two attached hydrogens (primary N) is 1. The van der Waals surface area contributed by atoms with Gasteiger partial charge in [-0.1, -0.05) is 38.1 Å². The van der Waals surface area contributed by atoms with Crippen LogP contribution < -0.4 is 11.1 Å². The van der Waals surface area contributed by atoms with Gasteiger partial charge in [-0.2, -0.15) is 0 Å². The van der Waals surface area contributed by atoms with Crippen LogP contribution in [-0.2, 0) is 17.6 Å². The van der Waals surface area contributed by atoms with Gasteiger partial charge >= 0.3 is 0 Å². The highest BCUT2D eigenvalue weighted by molar-refractivity contribution is 5.79. The monoisotopic (exact) mass is 364 g/mol. The van der Waals surface area contributed by atoms with Crippen molar-refractivity contribution in [3.05, 3.63) is 57.6 Å². The number of anilines is 2. The summed E-state index contributed by atoms with van der Waals surface area (Å²) in [6, 6.07) is 9.08. The Balaban J connectivity index is 2.16. The molecule has 27 heavy (non-hydrogen) atoms. The van der Waals surface area contributed by atoms with Crippen LogP contribution in [0.2, 0.25) is 0 Å². The number of rotatable bonds is 6. The number of carbonyl (C=O) groups is 1. The van der Waals surface area contributed by atoms with Gasteiger partial charge in [-0.15, -0.1) is 0 Å². The zero-order valence-electron chi connectivity index (χ0n) is 17.3. The molecular formula is C24H32N2O. The second kappa shape index (κ2) is 7.75. The number of nitrogen functional groups attached to an aromatic ring is 1. The Bertz CT molecular complexity index is 869. The molecular weight excluding hydrogens is 332 g/mol. The predicted octanol–water partition coefficient (Wildman–Crippen LogP) is 5.34. The van der Waals surface area contributed by atoms with Crippen LogP contribution in [0, 0.1) is 6.92 Å². The Hall–Kier alpha value is -2.29. The summed E-state index contributed by atoms with van der Waals surface area (Å²) in [6.07, 6.45) is 3.80. The molecule has 0 spiro atoms. The topological polar surface area (TPSA) is 55.1 Å². The van der Waals surface area contributed by atoms with E-state index in [4.69, 9.17) is 5.73 Å². The molecule has 3 rings (SSSR count). The highest BCUT2D eigenvalue weighted by atomic mass is 16.1. The smallest absolute Gasteiger partial charge is 0.130 e. The molecule has 0 heterocycles. The highest BCUT2D eigenvalue weighted by Gasteiger charge is 2.25. The van der Waals surface area contributed by atoms with Crippen LogP contribution in [0.5, 0.6) is 0 Å². The van der Waals surface area contributed by atoms with Crippen molar-refractivity contribution in [3.63, 3.8) is 0 Å². The number of Topliss-reactive ketones (excluding diaryl/α,β-unsaturated/α-hetero) is 1. The van der Waals surface area contributed by atoms with Crippen LogP contribution in [0.1, 0.15) is 78.8 Å². The lowest BCUT2D eigenvalue weighted by atomic mass is 9.81. The maximum Gasteiger partial charge on any atom is 0.130 e. The van der Waals surface area contributed by atoms with Crippen molar-refractivity contribution in [1.82, 2.24) is 0 Å². The largest absolute Gasteiger partial charge is 0.397 e. The first-order valence-corrected chi connectivity index (χ1v) is 10.1. The number of benzene rings is 2. The second-order valence-electron chi connectivity index (χ2n) is 8.00. The summed E-state index contributed by atoms with van der Waals surface area (Å²) in [4.78, 5) is 12.1. The Morgan fingerprint density at radius 1 is 1.33 bits per heavy atom. The van der Waals surface area contributed by atoms with Crippen molar-refractivity contribution in [2.45, 2.75) is 65.2 Å². The van der Waals surface area contributed by atoms with E-state index in [-0.39, 0.29) is 11.7 Å². The summed E-state index contributed by atoms with van der Waals surface area (Å²) < 4.78 is 0. The molecule has 3 N–H and O–H groups in total. The number of aryl methyl sites for hydroxylation is 2. The summed E-state index contributed by atoms with van der Waals surface area (Å²) in [6.45, 7) is 8.21. The van der Waals surface area contributed by atoms with E-state index in [1.165, 1.54) is 34.2 Å². The van der Waals surface area contributed by atoms with Crippen molar-refractivity contribution >= 4 is 17.2 Å². The van der Waals surface area contributed by atoms with E-state index in [0.717, 1.165) is 29.8 Å². The van der Waals surface area contributed by atoms with Crippen molar-refractivity contribution in [2.75, 3.05) is 18.1 Å². The summed E-state index contributed by atoms with van der Waals surface area (Å²) in [7, 11) is 1.92. The van der Waals surface area contributed by atoms with E-state index in [2.05, 4.69) is 50.4 Å². The quantitative estimate of drug-likeness (QED) is 0.680. The third-order valence-electron chi connectivity index (χ3n) is 6.21. The molecule has 2 aromatic carbocycles. The molecule has 0 aliphatic heterocycles. The van der Waals surface area contributed by atoms with Crippen molar-refractivity contribution < 1.29 is 4.79 Å². The number of fused-ring (bicyclic) bond motifs is 1. The molecule has 0 amide bonds. The van der Waals surface area contributed by atoms with Crippen molar-refractivity contribution in [2.24, 2.45) is 0 Å². The van der Waals surface area contributed by atoms with Gasteiger partial charge in [-0.05, 0) is 72.4 Å². The van der Waals surface area contributed by atoms with Gasteiger partial charge in [0.1, 0.15) is 5.78 Å².